The lowest BCUT2D eigenvalue weighted by Crippen LogP contribution is -2.26. The Labute approximate surface area is 116 Å². The molecule has 0 spiro atoms. The summed E-state index contributed by atoms with van der Waals surface area (Å²) >= 11 is 1.61. The van der Waals surface area contributed by atoms with E-state index in [-0.39, 0.29) is 11.7 Å². The quantitative estimate of drug-likeness (QED) is 0.911. The Kier molecular flexibility index (Phi) is 4.32. The third-order valence-corrected chi connectivity index (χ3v) is 3.89. The molecule has 2 aromatic rings. The molecule has 1 aromatic heterocycles. The average molecular weight is 277 g/mol. The number of amides is 1. The van der Waals surface area contributed by atoms with E-state index in [4.69, 9.17) is 0 Å². The summed E-state index contributed by atoms with van der Waals surface area (Å²) in [7, 11) is 0. The number of rotatable bonds is 4. The molecule has 19 heavy (non-hydrogen) atoms. The number of thiophene rings is 1. The molecular formula is C15H16FNOS. The fraction of sp³-hybridized carbons (Fsp3) is 0.267. The van der Waals surface area contributed by atoms with Crippen molar-refractivity contribution in [3.63, 3.8) is 0 Å². The number of carbonyl (C=O) groups excluding carboxylic acids is 1. The number of carbonyl (C=O) groups is 1. The molecule has 0 aliphatic rings. The predicted octanol–water partition coefficient (Wildman–Crippen LogP) is 3.48. The molecule has 2 nitrogen and oxygen atoms in total. The molecular weight excluding hydrogens is 261 g/mol. The minimum atomic E-state index is -0.223. The van der Waals surface area contributed by atoms with Gasteiger partial charge in [-0.3, -0.25) is 4.79 Å². The summed E-state index contributed by atoms with van der Waals surface area (Å²) in [5.41, 5.74) is 1.34. The maximum absolute atomic E-state index is 13.4. The lowest BCUT2D eigenvalue weighted by atomic mass is 10.1. The number of benzene rings is 1. The number of nitrogens with one attached hydrogen (secondary N) is 1. The highest BCUT2D eigenvalue weighted by molar-refractivity contribution is 7.12. The maximum atomic E-state index is 13.4. The second-order valence-electron chi connectivity index (χ2n) is 4.42. The summed E-state index contributed by atoms with van der Waals surface area (Å²) in [4.78, 5) is 14.1. The van der Waals surface area contributed by atoms with E-state index in [1.54, 1.807) is 29.5 Å². The molecule has 0 saturated carbocycles. The van der Waals surface area contributed by atoms with Crippen molar-refractivity contribution in [3.05, 3.63) is 57.0 Å². The van der Waals surface area contributed by atoms with E-state index < -0.39 is 0 Å². The SMILES string of the molecule is Cc1cc(C(=O)NCCc2ccccc2F)c(C)s1. The summed E-state index contributed by atoms with van der Waals surface area (Å²) in [5.74, 6) is -0.308. The normalized spacial score (nSPS) is 10.5. The Bertz CT molecular complexity index is 592. The molecule has 4 heteroatoms. The summed E-state index contributed by atoms with van der Waals surface area (Å²) in [6.07, 6.45) is 0.501. The zero-order valence-corrected chi connectivity index (χ0v) is 11.8. The van der Waals surface area contributed by atoms with Crippen LogP contribution in [0.5, 0.6) is 0 Å². The van der Waals surface area contributed by atoms with E-state index in [2.05, 4.69) is 5.32 Å². The zero-order chi connectivity index (χ0) is 13.8. The van der Waals surface area contributed by atoms with Crippen LogP contribution in [0.4, 0.5) is 4.39 Å². The Morgan fingerprint density at radius 1 is 1.32 bits per heavy atom. The van der Waals surface area contributed by atoms with Gasteiger partial charge in [-0.2, -0.15) is 0 Å². The molecule has 0 bridgehead atoms. The lowest BCUT2D eigenvalue weighted by molar-refractivity contribution is 0.0954. The van der Waals surface area contributed by atoms with Gasteiger partial charge in [0.05, 0.1) is 5.56 Å². The number of aryl methyl sites for hydroxylation is 2. The lowest BCUT2D eigenvalue weighted by Gasteiger charge is -2.05. The minimum Gasteiger partial charge on any atom is -0.352 e. The van der Waals surface area contributed by atoms with Crippen LogP contribution in [0.1, 0.15) is 25.7 Å². The second kappa shape index (κ2) is 5.97. The summed E-state index contributed by atoms with van der Waals surface area (Å²) < 4.78 is 13.4. The van der Waals surface area contributed by atoms with Gasteiger partial charge in [0.25, 0.3) is 5.91 Å². The highest BCUT2D eigenvalue weighted by Gasteiger charge is 2.11. The van der Waals surface area contributed by atoms with Crippen molar-refractivity contribution in [2.75, 3.05) is 6.54 Å². The van der Waals surface area contributed by atoms with Crippen LogP contribution in [0, 0.1) is 19.7 Å². The Morgan fingerprint density at radius 2 is 2.05 bits per heavy atom. The Morgan fingerprint density at radius 3 is 2.68 bits per heavy atom. The van der Waals surface area contributed by atoms with Crippen LogP contribution in [0.15, 0.2) is 30.3 Å². The van der Waals surface area contributed by atoms with E-state index in [1.807, 2.05) is 19.9 Å². The fourth-order valence-electron chi connectivity index (χ4n) is 1.96. The third-order valence-electron chi connectivity index (χ3n) is 2.92. The van der Waals surface area contributed by atoms with E-state index in [0.29, 0.717) is 18.5 Å². The topological polar surface area (TPSA) is 29.1 Å². The second-order valence-corrected chi connectivity index (χ2v) is 5.88. The van der Waals surface area contributed by atoms with Crippen LogP contribution in [0.3, 0.4) is 0 Å². The molecule has 100 valence electrons. The van der Waals surface area contributed by atoms with Crippen LogP contribution in [-0.4, -0.2) is 12.5 Å². The predicted molar refractivity (Wildman–Crippen MR) is 76.2 cm³/mol. The molecule has 0 aliphatic heterocycles. The highest BCUT2D eigenvalue weighted by atomic mass is 32.1. The van der Waals surface area contributed by atoms with Gasteiger partial charge in [-0.25, -0.2) is 4.39 Å². The Balaban J connectivity index is 1.91. The Hall–Kier alpha value is -1.68. The molecule has 1 amide bonds. The van der Waals surface area contributed by atoms with E-state index in [0.717, 1.165) is 15.3 Å². The van der Waals surface area contributed by atoms with Crippen LogP contribution in [0.2, 0.25) is 0 Å². The van der Waals surface area contributed by atoms with E-state index in [9.17, 15) is 9.18 Å². The first-order chi connectivity index (χ1) is 9.08. The highest BCUT2D eigenvalue weighted by Crippen LogP contribution is 2.20. The van der Waals surface area contributed by atoms with Crippen molar-refractivity contribution >= 4 is 17.2 Å². The first-order valence-corrected chi connectivity index (χ1v) is 6.98. The molecule has 0 atom stereocenters. The van der Waals surface area contributed by atoms with E-state index >= 15 is 0 Å². The van der Waals surface area contributed by atoms with Crippen molar-refractivity contribution in [1.82, 2.24) is 5.32 Å². The van der Waals surface area contributed by atoms with Gasteiger partial charge in [0, 0.05) is 16.3 Å². The molecule has 0 fully saturated rings. The van der Waals surface area contributed by atoms with Gasteiger partial charge in [0.1, 0.15) is 5.82 Å². The average Bonchev–Trinajstić information content (AvgIpc) is 2.71. The van der Waals surface area contributed by atoms with Gasteiger partial charge < -0.3 is 5.32 Å². The third kappa shape index (κ3) is 3.41. The number of hydrogen-bond acceptors (Lipinski definition) is 2. The van der Waals surface area contributed by atoms with Crippen molar-refractivity contribution in [2.24, 2.45) is 0 Å². The van der Waals surface area contributed by atoms with Crippen LogP contribution < -0.4 is 5.32 Å². The van der Waals surface area contributed by atoms with Crippen molar-refractivity contribution in [2.45, 2.75) is 20.3 Å². The largest absolute Gasteiger partial charge is 0.352 e. The van der Waals surface area contributed by atoms with Gasteiger partial charge in [-0.1, -0.05) is 18.2 Å². The molecule has 1 heterocycles. The zero-order valence-electron chi connectivity index (χ0n) is 11.0. The summed E-state index contributed by atoms with van der Waals surface area (Å²) in [6, 6.07) is 8.52. The standard InChI is InChI=1S/C15H16FNOS/c1-10-9-13(11(2)19-10)15(18)17-8-7-12-5-3-4-6-14(12)16/h3-6,9H,7-8H2,1-2H3,(H,17,18). The molecule has 0 radical (unpaired) electrons. The van der Waals surface area contributed by atoms with Gasteiger partial charge in [-0.05, 0) is 38.0 Å². The van der Waals surface area contributed by atoms with Crippen LogP contribution in [0.25, 0.3) is 0 Å². The molecule has 1 N–H and O–H groups in total. The van der Waals surface area contributed by atoms with E-state index in [1.165, 1.54) is 6.07 Å². The molecule has 0 aliphatic carbocycles. The first-order valence-electron chi connectivity index (χ1n) is 6.16. The monoisotopic (exact) mass is 277 g/mol. The van der Waals surface area contributed by atoms with Gasteiger partial charge in [0.15, 0.2) is 0 Å². The van der Waals surface area contributed by atoms with Crippen molar-refractivity contribution in [3.8, 4) is 0 Å². The molecule has 0 unspecified atom stereocenters. The minimum absolute atomic E-state index is 0.0850. The molecule has 2 rings (SSSR count). The fourth-order valence-corrected chi connectivity index (χ4v) is 2.88. The van der Waals surface area contributed by atoms with Gasteiger partial charge in [0.2, 0.25) is 0 Å². The smallest absolute Gasteiger partial charge is 0.252 e. The summed E-state index contributed by atoms with van der Waals surface area (Å²) in [6.45, 7) is 4.35. The first kappa shape index (κ1) is 13.7. The molecule has 1 aromatic carbocycles. The van der Waals surface area contributed by atoms with Crippen LogP contribution in [-0.2, 0) is 6.42 Å². The van der Waals surface area contributed by atoms with Crippen LogP contribution >= 0.6 is 11.3 Å². The van der Waals surface area contributed by atoms with Gasteiger partial charge >= 0.3 is 0 Å². The maximum Gasteiger partial charge on any atom is 0.252 e. The molecule has 0 saturated heterocycles. The van der Waals surface area contributed by atoms with Crippen molar-refractivity contribution in [1.29, 1.82) is 0 Å². The summed E-state index contributed by atoms with van der Waals surface area (Å²) in [5, 5.41) is 2.83. The number of halogens is 1. The number of hydrogen-bond donors (Lipinski definition) is 1. The van der Waals surface area contributed by atoms with Crippen molar-refractivity contribution < 1.29 is 9.18 Å². The van der Waals surface area contributed by atoms with Gasteiger partial charge in [-0.15, -0.1) is 11.3 Å².